The van der Waals surface area contributed by atoms with Gasteiger partial charge in [0.15, 0.2) is 5.13 Å². The zero-order valence-electron chi connectivity index (χ0n) is 12.9. The number of thiazole rings is 1. The number of urea groups is 1. The molecule has 2 N–H and O–H groups in total. The van der Waals surface area contributed by atoms with E-state index < -0.39 is 0 Å². The maximum Gasteiger partial charge on any atom is 0.315 e. The van der Waals surface area contributed by atoms with Gasteiger partial charge in [-0.1, -0.05) is 12.1 Å². The number of hydrogen-bond acceptors (Lipinski definition) is 5. The second-order valence-electron chi connectivity index (χ2n) is 4.90. The van der Waals surface area contributed by atoms with E-state index in [2.05, 4.69) is 27.8 Å². The van der Waals surface area contributed by atoms with E-state index in [1.807, 2.05) is 42.8 Å². The first-order chi connectivity index (χ1) is 10.6. The van der Waals surface area contributed by atoms with Gasteiger partial charge in [-0.3, -0.25) is 0 Å². The number of carbonyl (C=O) groups excluding carboxylic acids is 1. The molecule has 0 radical (unpaired) electrons. The minimum Gasteiger partial charge on any atom is -0.354 e. The van der Waals surface area contributed by atoms with Crippen LogP contribution in [-0.2, 0) is 13.1 Å². The molecule has 0 spiro atoms. The van der Waals surface area contributed by atoms with Crippen molar-refractivity contribution in [2.24, 2.45) is 0 Å². The number of carbonyl (C=O) groups is 1. The minimum absolute atomic E-state index is 0.187. The molecule has 2 aromatic rings. The predicted octanol–water partition coefficient (Wildman–Crippen LogP) is 2.93. The highest BCUT2D eigenvalue weighted by Gasteiger charge is 2.05. The third-order valence-corrected chi connectivity index (χ3v) is 4.77. The third kappa shape index (κ3) is 4.92. The van der Waals surface area contributed by atoms with Crippen molar-refractivity contribution in [1.29, 1.82) is 0 Å². The molecule has 0 bridgehead atoms. The summed E-state index contributed by atoms with van der Waals surface area (Å²) in [6.45, 7) is 0.947. The van der Waals surface area contributed by atoms with Gasteiger partial charge in [0, 0.05) is 30.9 Å². The van der Waals surface area contributed by atoms with Crippen molar-refractivity contribution in [3.05, 3.63) is 40.9 Å². The first kappa shape index (κ1) is 16.6. The predicted molar refractivity (Wildman–Crippen MR) is 93.7 cm³/mol. The van der Waals surface area contributed by atoms with E-state index >= 15 is 0 Å². The molecule has 1 heterocycles. The number of anilines is 1. The second-order valence-corrected chi connectivity index (χ2v) is 6.62. The van der Waals surface area contributed by atoms with Crippen LogP contribution in [0.2, 0.25) is 0 Å². The number of amides is 2. The van der Waals surface area contributed by atoms with E-state index in [1.165, 1.54) is 4.90 Å². The zero-order chi connectivity index (χ0) is 15.9. The Morgan fingerprint density at radius 2 is 1.91 bits per heavy atom. The van der Waals surface area contributed by atoms with Gasteiger partial charge in [-0.25, -0.2) is 9.78 Å². The lowest BCUT2D eigenvalue weighted by Crippen LogP contribution is -2.34. The molecule has 2 amide bonds. The molecule has 22 heavy (non-hydrogen) atoms. The average molecular weight is 336 g/mol. The van der Waals surface area contributed by atoms with Crippen molar-refractivity contribution >= 4 is 34.3 Å². The Labute approximate surface area is 139 Å². The number of aromatic nitrogens is 1. The molecular weight excluding hydrogens is 316 g/mol. The summed E-state index contributed by atoms with van der Waals surface area (Å²) in [5.41, 5.74) is 1.95. The van der Waals surface area contributed by atoms with Gasteiger partial charge in [0.2, 0.25) is 0 Å². The molecular formula is C15H20N4OS2. The topological polar surface area (TPSA) is 57.3 Å². The summed E-state index contributed by atoms with van der Waals surface area (Å²) < 4.78 is 0. The van der Waals surface area contributed by atoms with Gasteiger partial charge in [-0.15, -0.1) is 23.1 Å². The summed E-state index contributed by atoms with van der Waals surface area (Å²) in [5, 5.41) is 8.55. The molecule has 0 unspecified atom stereocenters. The summed E-state index contributed by atoms with van der Waals surface area (Å²) in [7, 11) is 3.90. The Balaban J connectivity index is 1.75. The average Bonchev–Trinajstić information content (AvgIpc) is 3.00. The summed E-state index contributed by atoms with van der Waals surface area (Å²) in [4.78, 5) is 19.4. The van der Waals surface area contributed by atoms with Crippen LogP contribution in [0.25, 0.3) is 0 Å². The summed E-state index contributed by atoms with van der Waals surface area (Å²) in [6.07, 6.45) is 2.04. The van der Waals surface area contributed by atoms with Crippen molar-refractivity contribution in [2.45, 2.75) is 18.0 Å². The number of rotatable bonds is 6. The molecule has 0 aliphatic heterocycles. The molecule has 2 rings (SSSR count). The van der Waals surface area contributed by atoms with Crippen LogP contribution in [0.5, 0.6) is 0 Å². The van der Waals surface area contributed by atoms with Gasteiger partial charge in [-0.2, -0.15) is 0 Å². The maximum absolute atomic E-state index is 11.8. The van der Waals surface area contributed by atoms with E-state index in [-0.39, 0.29) is 6.03 Å². The molecule has 7 heteroatoms. The van der Waals surface area contributed by atoms with Crippen LogP contribution >= 0.6 is 23.1 Å². The van der Waals surface area contributed by atoms with Crippen molar-refractivity contribution in [3.8, 4) is 0 Å². The monoisotopic (exact) mass is 336 g/mol. The standard InChI is InChI=1S/C15H20N4OS2/c1-19(2)15-18-12(10-22-15)9-17-14(20)16-8-11-4-6-13(21-3)7-5-11/h4-7,10H,8-9H2,1-3H3,(H2,16,17,20). The first-order valence-electron chi connectivity index (χ1n) is 6.85. The summed E-state index contributed by atoms with van der Waals surface area (Å²) in [5.74, 6) is 0. The number of thioether (sulfide) groups is 1. The van der Waals surface area contributed by atoms with E-state index in [0.29, 0.717) is 13.1 Å². The summed E-state index contributed by atoms with van der Waals surface area (Å²) >= 11 is 3.27. The number of benzene rings is 1. The van der Waals surface area contributed by atoms with Gasteiger partial charge in [0.1, 0.15) is 0 Å². The van der Waals surface area contributed by atoms with Crippen LogP contribution in [0, 0.1) is 0 Å². The maximum atomic E-state index is 11.8. The van der Waals surface area contributed by atoms with Crippen molar-refractivity contribution in [1.82, 2.24) is 15.6 Å². The van der Waals surface area contributed by atoms with Gasteiger partial charge in [-0.05, 0) is 24.0 Å². The first-order valence-corrected chi connectivity index (χ1v) is 8.95. The third-order valence-electron chi connectivity index (χ3n) is 2.96. The molecule has 0 aliphatic rings. The highest BCUT2D eigenvalue weighted by molar-refractivity contribution is 7.98. The Bertz CT molecular complexity index is 610. The second kappa shape index (κ2) is 8.05. The largest absolute Gasteiger partial charge is 0.354 e. The van der Waals surface area contributed by atoms with E-state index in [1.54, 1.807) is 23.1 Å². The molecule has 1 aromatic heterocycles. The minimum atomic E-state index is -0.187. The van der Waals surface area contributed by atoms with Crippen molar-refractivity contribution < 1.29 is 4.79 Å². The van der Waals surface area contributed by atoms with E-state index in [4.69, 9.17) is 0 Å². The van der Waals surface area contributed by atoms with Gasteiger partial charge in [0.05, 0.1) is 12.2 Å². The Morgan fingerprint density at radius 3 is 2.50 bits per heavy atom. The van der Waals surface area contributed by atoms with Crippen LogP contribution in [0.3, 0.4) is 0 Å². The SMILES string of the molecule is CSc1ccc(CNC(=O)NCc2csc(N(C)C)n2)cc1. The quantitative estimate of drug-likeness (QED) is 0.797. The van der Waals surface area contributed by atoms with Crippen molar-refractivity contribution in [3.63, 3.8) is 0 Å². The molecule has 0 saturated carbocycles. The lowest BCUT2D eigenvalue weighted by molar-refractivity contribution is 0.240. The fourth-order valence-electron chi connectivity index (χ4n) is 1.74. The van der Waals surface area contributed by atoms with Crippen LogP contribution in [0.4, 0.5) is 9.93 Å². The Morgan fingerprint density at radius 1 is 1.23 bits per heavy atom. The fourth-order valence-corrected chi connectivity index (χ4v) is 2.91. The molecule has 5 nitrogen and oxygen atoms in total. The van der Waals surface area contributed by atoms with E-state index in [9.17, 15) is 4.79 Å². The summed E-state index contributed by atoms with van der Waals surface area (Å²) in [6, 6.07) is 7.97. The molecule has 118 valence electrons. The number of nitrogens with one attached hydrogen (secondary N) is 2. The highest BCUT2D eigenvalue weighted by atomic mass is 32.2. The molecule has 0 fully saturated rings. The Hall–Kier alpha value is -1.73. The molecule has 0 saturated heterocycles. The van der Waals surface area contributed by atoms with Gasteiger partial charge in [0.25, 0.3) is 0 Å². The van der Waals surface area contributed by atoms with Crippen LogP contribution in [0.1, 0.15) is 11.3 Å². The van der Waals surface area contributed by atoms with Gasteiger partial charge < -0.3 is 15.5 Å². The normalized spacial score (nSPS) is 10.3. The van der Waals surface area contributed by atoms with Crippen molar-refractivity contribution in [2.75, 3.05) is 25.3 Å². The Kier molecular flexibility index (Phi) is 6.09. The number of hydrogen-bond donors (Lipinski definition) is 2. The van der Waals surface area contributed by atoms with Crippen LogP contribution in [-0.4, -0.2) is 31.4 Å². The van der Waals surface area contributed by atoms with Crippen LogP contribution < -0.4 is 15.5 Å². The van der Waals surface area contributed by atoms with Crippen LogP contribution in [0.15, 0.2) is 34.5 Å². The van der Waals surface area contributed by atoms with E-state index in [0.717, 1.165) is 16.4 Å². The molecule has 0 atom stereocenters. The number of nitrogens with zero attached hydrogens (tertiary/aromatic N) is 2. The molecule has 0 aliphatic carbocycles. The lowest BCUT2D eigenvalue weighted by Gasteiger charge is -2.08. The zero-order valence-corrected chi connectivity index (χ0v) is 14.6. The fraction of sp³-hybridized carbons (Fsp3) is 0.333. The van der Waals surface area contributed by atoms with Gasteiger partial charge >= 0.3 is 6.03 Å². The highest BCUT2D eigenvalue weighted by Crippen LogP contribution is 2.17. The lowest BCUT2D eigenvalue weighted by atomic mass is 10.2. The smallest absolute Gasteiger partial charge is 0.315 e. The molecule has 1 aromatic carbocycles.